The predicted molar refractivity (Wildman–Crippen MR) is 64.4 cm³/mol. The number of hydrogen-bond donors (Lipinski definition) is 1. The Labute approximate surface area is 98.2 Å². The van der Waals surface area contributed by atoms with Gasteiger partial charge in [0.05, 0.1) is 24.4 Å². The van der Waals surface area contributed by atoms with Crippen molar-refractivity contribution in [3.63, 3.8) is 0 Å². The third kappa shape index (κ3) is 2.56. The number of aromatic nitrogens is 2. The molecular formula is C11H13N3OS. The fourth-order valence-electron chi connectivity index (χ4n) is 1.38. The Morgan fingerprint density at radius 2 is 2.25 bits per heavy atom. The Bertz CT molecular complexity index is 427. The fourth-order valence-corrected chi connectivity index (χ4v) is 1.93. The van der Waals surface area contributed by atoms with Crippen molar-refractivity contribution in [1.29, 1.82) is 0 Å². The van der Waals surface area contributed by atoms with Gasteiger partial charge < -0.3 is 10.0 Å². The standard InChI is InChI=1S/C11H13N3OS/c1-14(5-10-7-16-8-13-10)11-3-2-9(6-15)4-12-11/h2-4,7-8,15H,5-6H2,1H3. The molecular weight excluding hydrogens is 222 g/mol. The van der Waals surface area contributed by atoms with Gasteiger partial charge in [0.15, 0.2) is 0 Å². The maximum absolute atomic E-state index is 8.91. The zero-order valence-electron chi connectivity index (χ0n) is 9.00. The lowest BCUT2D eigenvalue weighted by Crippen LogP contribution is -2.17. The Hall–Kier alpha value is -1.46. The molecule has 0 amide bonds. The lowest BCUT2D eigenvalue weighted by molar-refractivity contribution is 0.281. The van der Waals surface area contributed by atoms with Gasteiger partial charge in [-0.3, -0.25) is 0 Å². The highest BCUT2D eigenvalue weighted by Crippen LogP contribution is 2.13. The zero-order chi connectivity index (χ0) is 11.4. The number of thiazole rings is 1. The van der Waals surface area contributed by atoms with Gasteiger partial charge in [-0.25, -0.2) is 9.97 Å². The van der Waals surface area contributed by atoms with Crippen molar-refractivity contribution >= 4 is 17.2 Å². The number of anilines is 1. The van der Waals surface area contributed by atoms with Gasteiger partial charge >= 0.3 is 0 Å². The number of aliphatic hydroxyl groups excluding tert-OH is 1. The number of rotatable bonds is 4. The molecule has 16 heavy (non-hydrogen) atoms. The second-order valence-electron chi connectivity index (χ2n) is 3.52. The summed E-state index contributed by atoms with van der Waals surface area (Å²) < 4.78 is 0. The predicted octanol–water partition coefficient (Wildman–Crippen LogP) is 1.67. The third-order valence-corrected chi connectivity index (χ3v) is 2.90. The molecule has 2 rings (SSSR count). The minimum atomic E-state index is 0.0308. The van der Waals surface area contributed by atoms with Crippen LogP contribution in [0.2, 0.25) is 0 Å². The molecule has 0 radical (unpaired) electrons. The molecule has 0 aliphatic heterocycles. The van der Waals surface area contributed by atoms with Gasteiger partial charge in [-0.05, 0) is 11.6 Å². The SMILES string of the molecule is CN(Cc1cscn1)c1ccc(CO)cn1. The van der Waals surface area contributed by atoms with Crippen LogP contribution in [0.15, 0.2) is 29.2 Å². The Kier molecular flexibility index (Phi) is 3.48. The lowest BCUT2D eigenvalue weighted by Gasteiger charge is -2.16. The van der Waals surface area contributed by atoms with Crippen LogP contribution in [0.4, 0.5) is 5.82 Å². The van der Waals surface area contributed by atoms with E-state index in [-0.39, 0.29) is 6.61 Å². The van der Waals surface area contributed by atoms with E-state index in [2.05, 4.69) is 9.97 Å². The molecule has 4 nitrogen and oxygen atoms in total. The molecule has 0 unspecified atom stereocenters. The second kappa shape index (κ2) is 5.05. The quantitative estimate of drug-likeness (QED) is 0.875. The highest BCUT2D eigenvalue weighted by atomic mass is 32.1. The number of aliphatic hydroxyl groups is 1. The molecule has 0 saturated carbocycles. The molecule has 1 N–H and O–H groups in total. The Balaban J connectivity index is 2.05. The van der Waals surface area contributed by atoms with Crippen LogP contribution in [0.3, 0.4) is 0 Å². The number of nitrogens with zero attached hydrogens (tertiary/aromatic N) is 3. The van der Waals surface area contributed by atoms with Crippen LogP contribution < -0.4 is 4.90 Å². The van der Waals surface area contributed by atoms with Crippen LogP contribution in [0.1, 0.15) is 11.3 Å². The van der Waals surface area contributed by atoms with Crippen LogP contribution >= 0.6 is 11.3 Å². The summed E-state index contributed by atoms with van der Waals surface area (Å²) in [6.07, 6.45) is 1.69. The number of pyridine rings is 1. The summed E-state index contributed by atoms with van der Waals surface area (Å²) in [5, 5.41) is 10.9. The molecule has 84 valence electrons. The first-order valence-electron chi connectivity index (χ1n) is 4.93. The van der Waals surface area contributed by atoms with Crippen LogP contribution in [0.25, 0.3) is 0 Å². The maximum atomic E-state index is 8.91. The first-order chi connectivity index (χ1) is 7.79. The average molecular weight is 235 g/mol. The van der Waals surface area contributed by atoms with Crippen LogP contribution in [-0.2, 0) is 13.2 Å². The molecule has 0 aliphatic rings. The molecule has 0 spiro atoms. The van der Waals surface area contributed by atoms with E-state index < -0.39 is 0 Å². The van der Waals surface area contributed by atoms with Crippen molar-refractivity contribution in [3.05, 3.63) is 40.5 Å². The summed E-state index contributed by atoms with van der Waals surface area (Å²) >= 11 is 1.59. The minimum Gasteiger partial charge on any atom is -0.392 e. The maximum Gasteiger partial charge on any atom is 0.128 e. The smallest absolute Gasteiger partial charge is 0.128 e. The Morgan fingerprint density at radius 3 is 2.81 bits per heavy atom. The monoisotopic (exact) mass is 235 g/mol. The van der Waals surface area contributed by atoms with E-state index >= 15 is 0 Å². The minimum absolute atomic E-state index is 0.0308. The van der Waals surface area contributed by atoms with Gasteiger partial charge in [0.2, 0.25) is 0 Å². The van der Waals surface area contributed by atoms with Gasteiger partial charge in [-0.2, -0.15) is 0 Å². The van der Waals surface area contributed by atoms with Crippen molar-refractivity contribution < 1.29 is 5.11 Å². The summed E-state index contributed by atoms with van der Waals surface area (Å²) in [6.45, 7) is 0.776. The third-order valence-electron chi connectivity index (χ3n) is 2.27. The Morgan fingerprint density at radius 1 is 1.38 bits per heavy atom. The second-order valence-corrected chi connectivity index (χ2v) is 4.24. The van der Waals surface area contributed by atoms with Gasteiger partial charge in [-0.15, -0.1) is 11.3 Å². The topological polar surface area (TPSA) is 49.2 Å². The fraction of sp³-hybridized carbons (Fsp3) is 0.273. The van der Waals surface area contributed by atoms with Crippen molar-refractivity contribution in [3.8, 4) is 0 Å². The van der Waals surface area contributed by atoms with Crippen molar-refractivity contribution in [2.24, 2.45) is 0 Å². The average Bonchev–Trinajstić information content (AvgIpc) is 2.82. The highest BCUT2D eigenvalue weighted by Gasteiger charge is 2.04. The molecule has 2 heterocycles. The molecule has 0 bridgehead atoms. The summed E-state index contributed by atoms with van der Waals surface area (Å²) in [4.78, 5) is 10.5. The van der Waals surface area contributed by atoms with E-state index in [1.165, 1.54) is 0 Å². The summed E-state index contributed by atoms with van der Waals surface area (Å²) in [5.41, 5.74) is 3.69. The van der Waals surface area contributed by atoms with Gasteiger partial charge in [-0.1, -0.05) is 6.07 Å². The van der Waals surface area contributed by atoms with Gasteiger partial charge in [0, 0.05) is 18.6 Å². The summed E-state index contributed by atoms with van der Waals surface area (Å²) in [7, 11) is 1.97. The molecule has 2 aromatic heterocycles. The summed E-state index contributed by atoms with van der Waals surface area (Å²) in [5.74, 6) is 0.880. The molecule has 0 atom stereocenters. The van der Waals surface area contributed by atoms with Crippen molar-refractivity contribution in [1.82, 2.24) is 9.97 Å². The zero-order valence-corrected chi connectivity index (χ0v) is 9.81. The lowest BCUT2D eigenvalue weighted by atomic mass is 10.3. The highest BCUT2D eigenvalue weighted by molar-refractivity contribution is 7.07. The van der Waals surface area contributed by atoms with Gasteiger partial charge in [0.1, 0.15) is 5.82 Å². The van der Waals surface area contributed by atoms with Gasteiger partial charge in [0.25, 0.3) is 0 Å². The molecule has 0 fully saturated rings. The van der Waals surface area contributed by atoms with Crippen molar-refractivity contribution in [2.75, 3.05) is 11.9 Å². The van der Waals surface area contributed by atoms with E-state index in [4.69, 9.17) is 5.11 Å². The first-order valence-corrected chi connectivity index (χ1v) is 5.88. The van der Waals surface area contributed by atoms with E-state index in [0.717, 1.165) is 23.6 Å². The van der Waals surface area contributed by atoms with Crippen LogP contribution in [0, 0.1) is 0 Å². The van der Waals surface area contributed by atoms with Crippen LogP contribution in [-0.4, -0.2) is 22.1 Å². The number of hydrogen-bond acceptors (Lipinski definition) is 5. The van der Waals surface area contributed by atoms with E-state index in [0.29, 0.717) is 0 Å². The van der Waals surface area contributed by atoms with E-state index in [9.17, 15) is 0 Å². The van der Waals surface area contributed by atoms with E-state index in [1.807, 2.05) is 35.0 Å². The van der Waals surface area contributed by atoms with Crippen LogP contribution in [0.5, 0.6) is 0 Å². The van der Waals surface area contributed by atoms with Crippen molar-refractivity contribution in [2.45, 2.75) is 13.2 Å². The molecule has 2 aromatic rings. The molecule has 5 heteroatoms. The first kappa shape index (κ1) is 11.0. The largest absolute Gasteiger partial charge is 0.392 e. The normalized spacial score (nSPS) is 10.4. The molecule has 0 saturated heterocycles. The molecule has 0 aliphatic carbocycles. The van der Waals surface area contributed by atoms with E-state index in [1.54, 1.807) is 17.5 Å². The molecule has 0 aromatic carbocycles. The summed E-state index contributed by atoms with van der Waals surface area (Å²) in [6, 6.07) is 3.78.